The van der Waals surface area contributed by atoms with Crippen LogP contribution in [0.25, 0.3) is 4.91 Å². The third-order valence-corrected chi connectivity index (χ3v) is 7.61. The summed E-state index contributed by atoms with van der Waals surface area (Å²) in [5.74, 6) is -0.350. The van der Waals surface area contributed by atoms with Crippen molar-refractivity contribution in [2.45, 2.75) is 10.9 Å². The molecule has 0 spiro atoms. The van der Waals surface area contributed by atoms with Gasteiger partial charge in [-0.3, -0.25) is 10.1 Å². The SMILES string of the molecule is O=C(Nc1nc(SCc2ccccc2)ns1)C1=C(c2ccccc2)S(=O)(=O)CCO1. The van der Waals surface area contributed by atoms with E-state index in [2.05, 4.69) is 14.7 Å². The van der Waals surface area contributed by atoms with Gasteiger partial charge in [0.2, 0.25) is 16.0 Å². The van der Waals surface area contributed by atoms with Crippen molar-refractivity contribution in [2.24, 2.45) is 0 Å². The molecule has 1 N–H and O–H groups in total. The zero-order valence-corrected chi connectivity index (χ0v) is 18.1. The Morgan fingerprint density at radius 1 is 1.10 bits per heavy atom. The van der Waals surface area contributed by atoms with Gasteiger partial charge >= 0.3 is 0 Å². The summed E-state index contributed by atoms with van der Waals surface area (Å²) >= 11 is 2.48. The van der Waals surface area contributed by atoms with E-state index in [9.17, 15) is 13.2 Å². The van der Waals surface area contributed by atoms with Gasteiger partial charge in [0.1, 0.15) is 11.5 Å². The van der Waals surface area contributed by atoms with E-state index >= 15 is 0 Å². The van der Waals surface area contributed by atoms with Gasteiger partial charge in [-0.2, -0.15) is 9.36 Å². The first-order chi connectivity index (χ1) is 14.5. The summed E-state index contributed by atoms with van der Waals surface area (Å²) in [6, 6.07) is 18.4. The molecule has 0 fully saturated rings. The first-order valence-corrected chi connectivity index (χ1v) is 12.4. The summed E-state index contributed by atoms with van der Waals surface area (Å²) in [5, 5.41) is 3.43. The largest absolute Gasteiger partial charge is 0.486 e. The molecule has 154 valence electrons. The number of carbonyl (C=O) groups excluding carboxylic acids is 1. The fourth-order valence-corrected chi connectivity index (χ4v) is 5.76. The highest BCUT2D eigenvalue weighted by Crippen LogP contribution is 2.31. The minimum absolute atomic E-state index is 0.0737. The molecule has 1 aliphatic rings. The average molecular weight is 460 g/mol. The number of hydrogen-bond acceptors (Lipinski definition) is 8. The standard InChI is InChI=1S/C20H17N3O4S3/c24-18(16-17(15-9-5-2-6-10-15)30(25,26)12-11-27-16)21-19-22-20(23-29-19)28-13-14-7-3-1-4-8-14/h1-10H,11-13H2,(H,21,22,23,24). The first-order valence-electron chi connectivity index (χ1n) is 9.00. The predicted molar refractivity (Wildman–Crippen MR) is 118 cm³/mol. The maximum absolute atomic E-state index is 12.8. The molecule has 0 unspecified atom stereocenters. The van der Waals surface area contributed by atoms with Crippen molar-refractivity contribution in [2.75, 3.05) is 17.7 Å². The Balaban J connectivity index is 1.52. The molecule has 30 heavy (non-hydrogen) atoms. The second kappa shape index (κ2) is 8.99. The van der Waals surface area contributed by atoms with Crippen LogP contribution in [0.15, 0.2) is 71.6 Å². The lowest BCUT2D eigenvalue weighted by Gasteiger charge is -2.20. The lowest BCUT2D eigenvalue weighted by molar-refractivity contribution is -0.115. The van der Waals surface area contributed by atoms with Crippen LogP contribution >= 0.6 is 23.3 Å². The normalized spacial score (nSPS) is 15.5. The van der Waals surface area contributed by atoms with Gasteiger partial charge in [-0.1, -0.05) is 72.4 Å². The molecule has 4 rings (SSSR count). The first kappa shape index (κ1) is 20.6. The van der Waals surface area contributed by atoms with Gasteiger partial charge in [-0.05, 0) is 11.1 Å². The summed E-state index contributed by atoms with van der Waals surface area (Å²) in [6.07, 6.45) is 0. The van der Waals surface area contributed by atoms with E-state index in [-0.39, 0.29) is 28.2 Å². The molecule has 0 saturated carbocycles. The fraction of sp³-hybridized carbons (Fsp3) is 0.150. The van der Waals surface area contributed by atoms with Crippen LogP contribution in [0.1, 0.15) is 11.1 Å². The second-order valence-corrected chi connectivity index (χ2v) is 10.0. The van der Waals surface area contributed by atoms with Gasteiger partial charge in [0, 0.05) is 17.3 Å². The molecule has 2 heterocycles. The van der Waals surface area contributed by atoms with Gasteiger partial charge < -0.3 is 4.74 Å². The number of benzene rings is 2. The Morgan fingerprint density at radius 3 is 2.53 bits per heavy atom. The number of anilines is 1. The number of nitrogens with zero attached hydrogens (tertiary/aromatic N) is 2. The molecule has 3 aromatic rings. The Morgan fingerprint density at radius 2 is 1.80 bits per heavy atom. The van der Waals surface area contributed by atoms with Crippen molar-refractivity contribution in [3.05, 3.63) is 77.5 Å². The minimum atomic E-state index is -3.64. The van der Waals surface area contributed by atoms with Crippen LogP contribution in [0.5, 0.6) is 0 Å². The summed E-state index contributed by atoms with van der Waals surface area (Å²) in [6.45, 7) is -0.0737. The number of hydrogen-bond donors (Lipinski definition) is 1. The number of carbonyl (C=O) groups is 1. The van der Waals surface area contributed by atoms with E-state index in [4.69, 9.17) is 4.74 Å². The zero-order valence-electron chi connectivity index (χ0n) is 15.6. The Kier molecular flexibility index (Phi) is 6.16. The van der Waals surface area contributed by atoms with Gasteiger partial charge in [0.15, 0.2) is 9.84 Å². The number of thioether (sulfide) groups is 1. The van der Waals surface area contributed by atoms with E-state index in [0.717, 1.165) is 17.1 Å². The molecule has 10 heteroatoms. The summed E-state index contributed by atoms with van der Waals surface area (Å²) < 4.78 is 35.0. The number of sulfone groups is 1. The lowest BCUT2D eigenvalue weighted by Crippen LogP contribution is -2.28. The Bertz CT molecular complexity index is 1180. The van der Waals surface area contributed by atoms with Crippen LogP contribution in [0, 0.1) is 0 Å². The predicted octanol–water partition coefficient (Wildman–Crippen LogP) is 3.58. The Hall–Kier alpha value is -2.69. The molecule has 0 atom stereocenters. The van der Waals surface area contributed by atoms with E-state index in [0.29, 0.717) is 16.5 Å². The number of ether oxygens (including phenoxy) is 1. The molecule has 0 saturated heterocycles. The molecule has 1 aromatic heterocycles. The van der Waals surface area contributed by atoms with Crippen molar-refractivity contribution < 1.29 is 17.9 Å². The second-order valence-electron chi connectivity index (χ2n) is 6.30. The van der Waals surface area contributed by atoms with Crippen molar-refractivity contribution in [3.8, 4) is 0 Å². The van der Waals surface area contributed by atoms with Crippen LogP contribution in [-0.2, 0) is 25.1 Å². The van der Waals surface area contributed by atoms with Crippen LogP contribution in [-0.4, -0.2) is 36.0 Å². The van der Waals surface area contributed by atoms with E-state index in [1.165, 1.54) is 11.8 Å². The molecule has 0 aliphatic carbocycles. The monoisotopic (exact) mass is 459 g/mol. The van der Waals surface area contributed by atoms with Gasteiger partial charge in [0.05, 0.1) is 5.75 Å². The summed E-state index contributed by atoms with van der Waals surface area (Å²) in [4.78, 5) is 17.0. The third kappa shape index (κ3) is 4.72. The van der Waals surface area contributed by atoms with Crippen molar-refractivity contribution >= 4 is 49.1 Å². The van der Waals surface area contributed by atoms with Crippen LogP contribution in [0.4, 0.5) is 5.13 Å². The quantitative estimate of drug-likeness (QED) is 0.563. The molecule has 0 radical (unpaired) electrons. The molecule has 1 amide bonds. The fourth-order valence-electron chi connectivity index (χ4n) is 2.83. The van der Waals surface area contributed by atoms with Crippen molar-refractivity contribution in [1.29, 1.82) is 0 Å². The van der Waals surface area contributed by atoms with E-state index in [1.807, 2.05) is 30.3 Å². The average Bonchev–Trinajstić information content (AvgIpc) is 3.20. The Labute approximate surface area is 182 Å². The molecule has 2 aromatic carbocycles. The van der Waals surface area contributed by atoms with Crippen molar-refractivity contribution in [1.82, 2.24) is 9.36 Å². The molecular formula is C20H17N3O4S3. The molecule has 0 bridgehead atoms. The highest BCUT2D eigenvalue weighted by molar-refractivity contribution is 8.00. The topological polar surface area (TPSA) is 98.3 Å². The number of amides is 1. The van der Waals surface area contributed by atoms with Gasteiger partial charge in [-0.25, -0.2) is 8.42 Å². The van der Waals surface area contributed by atoms with Gasteiger partial charge in [0.25, 0.3) is 5.91 Å². The van der Waals surface area contributed by atoms with E-state index in [1.54, 1.807) is 30.3 Å². The van der Waals surface area contributed by atoms with E-state index < -0.39 is 15.7 Å². The maximum atomic E-state index is 12.8. The van der Waals surface area contributed by atoms with Gasteiger partial charge in [-0.15, -0.1) is 0 Å². The van der Waals surface area contributed by atoms with Crippen LogP contribution in [0.2, 0.25) is 0 Å². The highest BCUT2D eigenvalue weighted by Gasteiger charge is 2.33. The van der Waals surface area contributed by atoms with Crippen LogP contribution in [0.3, 0.4) is 0 Å². The molecular weight excluding hydrogens is 442 g/mol. The lowest BCUT2D eigenvalue weighted by atomic mass is 10.2. The maximum Gasteiger partial charge on any atom is 0.293 e. The third-order valence-electron chi connectivity index (χ3n) is 4.20. The molecule has 1 aliphatic heterocycles. The summed E-state index contributed by atoms with van der Waals surface area (Å²) in [5.41, 5.74) is 1.56. The minimum Gasteiger partial charge on any atom is -0.486 e. The zero-order chi connectivity index (χ0) is 21.0. The number of aromatic nitrogens is 2. The summed E-state index contributed by atoms with van der Waals surface area (Å²) in [7, 11) is -3.64. The van der Waals surface area contributed by atoms with Crippen molar-refractivity contribution in [3.63, 3.8) is 0 Å². The molecule has 7 nitrogen and oxygen atoms in total. The highest BCUT2D eigenvalue weighted by atomic mass is 32.2. The number of nitrogens with one attached hydrogen (secondary N) is 1. The smallest absolute Gasteiger partial charge is 0.293 e. The number of rotatable bonds is 6. The van der Waals surface area contributed by atoms with Crippen LogP contribution < -0.4 is 5.32 Å².